The average molecular weight is 495 g/mol. The summed E-state index contributed by atoms with van der Waals surface area (Å²) in [5.41, 5.74) is 0.140. The van der Waals surface area contributed by atoms with Crippen molar-refractivity contribution in [2.45, 2.75) is 57.9 Å². The molecule has 1 aliphatic rings. The first-order valence-corrected chi connectivity index (χ1v) is 11.6. The van der Waals surface area contributed by atoms with E-state index in [1.54, 1.807) is 35.9 Å². The first-order valence-electron chi connectivity index (χ1n) is 10.6. The van der Waals surface area contributed by atoms with E-state index in [0.29, 0.717) is 17.1 Å². The van der Waals surface area contributed by atoms with Crippen LogP contribution in [0, 0.1) is 0 Å². The van der Waals surface area contributed by atoms with Gasteiger partial charge in [-0.1, -0.05) is 0 Å². The van der Waals surface area contributed by atoms with E-state index in [4.69, 9.17) is 23.7 Å². The summed E-state index contributed by atoms with van der Waals surface area (Å²) in [6.45, 7) is 5.67. The SMILES string of the molecule is CCOC(=O)Cc1cn2cccc(O[C@@H]3SC[C@@H](OC(C)=O)[C@H](OC(C)=O)[C@H]3OC(C)=O)c2n1. The maximum absolute atomic E-state index is 11.8. The van der Waals surface area contributed by atoms with Crippen molar-refractivity contribution in [2.75, 3.05) is 12.4 Å². The van der Waals surface area contributed by atoms with Gasteiger partial charge in [0.15, 0.2) is 35.1 Å². The Kier molecular flexibility index (Phi) is 8.37. The molecular formula is C22H26N2O9S. The lowest BCUT2D eigenvalue weighted by Crippen LogP contribution is -2.55. The molecule has 0 radical (unpaired) electrons. The minimum Gasteiger partial charge on any atom is -0.472 e. The van der Waals surface area contributed by atoms with Gasteiger partial charge in [-0.05, 0) is 19.1 Å². The second-order valence-electron chi connectivity index (χ2n) is 7.43. The molecule has 0 spiro atoms. The fourth-order valence-electron chi connectivity index (χ4n) is 3.51. The molecule has 1 aliphatic heterocycles. The lowest BCUT2D eigenvalue weighted by atomic mass is 10.1. The molecule has 0 N–H and O–H groups in total. The van der Waals surface area contributed by atoms with Crippen LogP contribution in [0.4, 0.5) is 0 Å². The number of carbonyl (C=O) groups excluding carboxylic acids is 4. The van der Waals surface area contributed by atoms with Crippen molar-refractivity contribution >= 4 is 41.3 Å². The molecule has 0 unspecified atom stereocenters. The molecule has 0 saturated carbocycles. The number of carbonyl (C=O) groups is 4. The highest BCUT2D eigenvalue weighted by molar-refractivity contribution is 7.99. The van der Waals surface area contributed by atoms with Crippen LogP contribution >= 0.6 is 11.8 Å². The topological polar surface area (TPSA) is 132 Å². The van der Waals surface area contributed by atoms with Crippen LogP contribution in [0.3, 0.4) is 0 Å². The van der Waals surface area contributed by atoms with Gasteiger partial charge in [0.25, 0.3) is 0 Å². The molecule has 0 bridgehead atoms. The molecular weight excluding hydrogens is 468 g/mol. The first kappa shape index (κ1) is 25.3. The molecule has 4 atom stereocenters. The van der Waals surface area contributed by atoms with Crippen LogP contribution < -0.4 is 4.74 Å². The minimum absolute atomic E-state index is 0.00179. The summed E-state index contributed by atoms with van der Waals surface area (Å²) in [6, 6.07) is 3.42. The number of nitrogens with zero attached hydrogens (tertiary/aromatic N) is 2. The van der Waals surface area contributed by atoms with E-state index >= 15 is 0 Å². The van der Waals surface area contributed by atoms with Gasteiger partial charge in [0, 0.05) is 38.9 Å². The zero-order chi connectivity index (χ0) is 24.8. The highest BCUT2D eigenvalue weighted by atomic mass is 32.2. The normalized spacial score (nSPS) is 22.0. The van der Waals surface area contributed by atoms with Crippen LogP contribution in [-0.2, 0) is 44.5 Å². The first-order chi connectivity index (χ1) is 16.2. The van der Waals surface area contributed by atoms with E-state index < -0.39 is 47.6 Å². The Labute approximate surface area is 200 Å². The summed E-state index contributed by atoms with van der Waals surface area (Å²) >= 11 is 1.24. The van der Waals surface area contributed by atoms with E-state index in [1.807, 2.05) is 0 Å². The third-order valence-electron chi connectivity index (χ3n) is 4.68. The van der Waals surface area contributed by atoms with E-state index in [9.17, 15) is 19.2 Å². The molecule has 184 valence electrons. The van der Waals surface area contributed by atoms with Crippen molar-refractivity contribution in [3.63, 3.8) is 0 Å². The zero-order valence-electron chi connectivity index (χ0n) is 19.2. The number of esters is 4. The molecule has 1 fully saturated rings. The number of fused-ring (bicyclic) bond motifs is 1. The molecule has 1 saturated heterocycles. The van der Waals surface area contributed by atoms with Crippen LogP contribution in [0.5, 0.6) is 5.75 Å². The number of thioether (sulfide) groups is 1. The Morgan fingerprint density at radius 1 is 1.06 bits per heavy atom. The van der Waals surface area contributed by atoms with Crippen LogP contribution in [0.1, 0.15) is 33.4 Å². The summed E-state index contributed by atoms with van der Waals surface area (Å²) in [4.78, 5) is 51.5. The number of imidazole rings is 1. The molecule has 0 amide bonds. The Morgan fingerprint density at radius 2 is 1.74 bits per heavy atom. The molecule has 0 aliphatic carbocycles. The molecule has 3 rings (SSSR count). The molecule has 34 heavy (non-hydrogen) atoms. The largest absolute Gasteiger partial charge is 0.472 e. The Bertz CT molecular complexity index is 1070. The van der Waals surface area contributed by atoms with Crippen molar-refractivity contribution in [1.29, 1.82) is 0 Å². The van der Waals surface area contributed by atoms with Crippen LogP contribution in [-0.4, -0.2) is 69.4 Å². The Balaban J connectivity index is 1.89. The highest BCUT2D eigenvalue weighted by Gasteiger charge is 2.47. The van der Waals surface area contributed by atoms with Gasteiger partial charge in [-0.25, -0.2) is 4.98 Å². The fourth-order valence-corrected chi connectivity index (χ4v) is 4.72. The second-order valence-corrected chi connectivity index (χ2v) is 8.56. The third kappa shape index (κ3) is 6.40. The van der Waals surface area contributed by atoms with Gasteiger partial charge in [-0.15, -0.1) is 11.8 Å². The van der Waals surface area contributed by atoms with Gasteiger partial charge in [-0.3, -0.25) is 19.2 Å². The third-order valence-corrected chi connectivity index (χ3v) is 5.89. The van der Waals surface area contributed by atoms with Gasteiger partial charge in [-0.2, -0.15) is 0 Å². The summed E-state index contributed by atoms with van der Waals surface area (Å²) < 4.78 is 29.0. The number of rotatable bonds is 8. The van der Waals surface area contributed by atoms with Crippen LogP contribution in [0.25, 0.3) is 5.65 Å². The number of aromatic nitrogens is 2. The predicted octanol–water partition coefficient (Wildman–Crippen LogP) is 1.69. The number of ether oxygens (including phenoxy) is 5. The highest BCUT2D eigenvalue weighted by Crippen LogP contribution is 2.35. The number of hydrogen-bond donors (Lipinski definition) is 0. The molecule has 11 nitrogen and oxygen atoms in total. The molecule has 3 heterocycles. The second kappa shape index (κ2) is 11.2. The molecule has 2 aromatic heterocycles. The van der Waals surface area contributed by atoms with Gasteiger partial charge in [0.05, 0.1) is 18.7 Å². The van der Waals surface area contributed by atoms with Crippen molar-refractivity contribution in [2.24, 2.45) is 0 Å². The molecule has 12 heteroatoms. The van der Waals surface area contributed by atoms with Gasteiger partial charge in [0.1, 0.15) is 0 Å². The van der Waals surface area contributed by atoms with Crippen molar-refractivity contribution in [3.8, 4) is 5.75 Å². The van der Waals surface area contributed by atoms with Gasteiger partial charge >= 0.3 is 23.9 Å². The minimum atomic E-state index is -1.06. The van der Waals surface area contributed by atoms with E-state index in [-0.39, 0.29) is 18.8 Å². The van der Waals surface area contributed by atoms with E-state index in [1.165, 1.54) is 32.5 Å². The Hall–Kier alpha value is -3.28. The van der Waals surface area contributed by atoms with E-state index in [0.717, 1.165) is 0 Å². The number of pyridine rings is 1. The maximum Gasteiger partial charge on any atom is 0.311 e. The summed E-state index contributed by atoms with van der Waals surface area (Å²) in [5.74, 6) is -1.59. The monoisotopic (exact) mass is 494 g/mol. The van der Waals surface area contributed by atoms with Gasteiger partial charge < -0.3 is 28.1 Å². The quantitative estimate of drug-likeness (QED) is 0.392. The fraction of sp³-hybridized carbons (Fsp3) is 0.500. The van der Waals surface area contributed by atoms with Crippen molar-refractivity contribution in [3.05, 3.63) is 30.2 Å². The van der Waals surface area contributed by atoms with Crippen molar-refractivity contribution in [1.82, 2.24) is 9.38 Å². The summed E-state index contributed by atoms with van der Waals surface area (Å²) in [7, 11) is 0. The van der Waals surface area contributed by atoms with Crippen LogP contribution in [0.2, 0.25) is 0 Å². The average Bonchev–Trinajstić information content (AvgIpc) is 3.14. The molecule has 0 aromatic carbocycles. The zero-order valence-corrected chi connectivity index (χ0v) is 20.0. The smallest absolute Gasteiger partial charge is 0.311 e. The standard InChI is InChI=1S/C22H26N2O9S/c1-5-29-18(28)9-15-10-24-8-6-7-16(21(24)23-15)33-22-20(32-14(4)27)19(31-13(3)26)17(11-34-22)30-12(2)25/h6-8,10,17,19-20,22H,5,9,11H2,1-4H3/t17-,19+,20-,22-/m1/s1. The lowest BCUT2D eigenvalue weighted by molar-refractivity contribution is -0.186. The van der Waals surface area contributed by atoms with E-state index in [2.05, 4.69) is 4.98 Å². The van der Waals surface area contributed by atoms with Gasteiger partial charge in [0.2, 0.25) is 0 Å². The summed E-state index contributed by atoms with van der Waals surface area (Å²) in [5, 5.41) is 0. The maximum atomic E-state index is 11.8. The van der Waals surface area contributed by atoms with Crippen LogP contribution in [0.15, 0.2) is 24.5 Å². The molecule has 2 aromatic rings. The Morgan fingerprint density at radius 3 is 2.38 bits per heavy atom. The summed E-state index contributed by atoms with van der Waals surface area (Å²) in [6.07, 6.45) is 0.500. The number of hydrogen-bond acceptors (Lipinski definition) is 11. The lowest BCUT2D eigenvalue weighted by Gasteiger charge is -2.39. The van der Waals surface area contributed by atoms with Crippen molar-refractivity contribution < 1.29 is 42.9 Å². The predicted molar refractivity (Wildman–Crippen MR) is 119 cm³/mol.